The molecule has 0 saturated carbocycles. The first-order valence-corrected chi connectivity index (χ1v) is 10.2. The van der Waals surface area contributed by atoms with Crippen LogP contribution in [0.2, 0.25) is 0 Å². The molecule has 0 atom stereocenters. The first-order chi connectivity index (χ1) is 11.8. The first-order valence-electron chi connectivity index (χ1n) is 8.59. The Hall–Kier alpha value is -1.73. The van der Waals surface area contributed by atoms with Crippen molar-refractivity contribution in [1.82, 2.24) is 9.29 Å². The van der Waals surface area contributed by atoms with Crippen LogP contribution >= 0.6 is 0 Å². The molecule has 25 heavy (non-hydrogen) atoms. The van der Waals surface area contributed by atoms with Gasteiger partial charge in [0.2, 0.25) is 10.0 Å². The standard InChI is InChI=1S/C18H24FN3O2S/c1-4-25(23,24)21(3)15-7-9-22(10-8-15)18-11-13(2)20-17-6-5-14(19)12-16(17)18/h5-6,11-12,15H,4,7-10H2,1-3H3. The van der Waals surface area contributed by atoms with E-state index >= 15 is 0 Å². The van der Waals surface area contributed by atoms with Crippen LogP contribution in [-0.2, 0) is 10.0 Å². The Bertz CT molecular complexity index is 877. The highest BCUT2D eigenvalue weighted by atomic mass is 32.2. The molecule has 1 aliphatic heterocycles. The van der Waals surface area contributed by atoms with E-state index in [9.17, 15) is 12.8 Å². The fourth-order valence-corrected chi connectivity index (χ4v) is 4.54. The van der Waals surface area contributed by atoms with Crippen LogP contribution in [0.1, 0.15) is 25.5 Å². The summed E-state index contributed by atoms with van der Waals surface area (Å²) in [6.45, 7) is 5.08. The van der Waals surface area contributed by atoms with Crippen LogP contribution in [0.5, 0.6) is 0 Å². The van der Waals surface area contributed by atoms with E-state index in [1.807, 2.05) is 13.0 Å². The molecule has 2 aromatic rings. The molecule has 5 nitrogen and oxygen atoms in total. The third-order valence-electron chi connectivity index (χ3n) is 5.00. The molecule has 0 bridgehead atoms. The second-order valence-electron chi connectivity index (χ2n) is 6.58. The van der Waals surface area contributed by atoms with Crippen LogP contribution in [0.15, 0.2) is 24.3 Å². The van der Waals surface area contributed by atoms with Gasteiger partial charge in [0, 0.05) is 42.9 Å². The molecule has 1 saturated heterocycles. The second-order valence-corrected chi connectivity index (χ2v) is 8.90. The van der Waals surface area contributed by atoms with Crippen LogP contribution in [-0.4, -0.2) is 49.6 Å². The van der Waals surface area contributed by atoms with Crippen LogP contribution < -0.4 is 4.90 Å². The summed E-state index contributed by atoms with van der Waals surface area (Å²) in [5.41, 5.74) is 2.65. The molecule has 0 spiro atoms. The van der Waals surface area contributed by atoms with E-state index < -0.39 is 10.0 Å². The molecule has 1 aromatic carbocycles. The van der Waals surface area contributed by atoms with Crippen LogP contribution in [0.25, 0.3) is 10.9 Å². The summed E-state index contributed by atoms with van der Waals surface area (Å²) < 4.78 is 39.4. The van der Waals surface area contributed by atoms with E-state index in [-0.39, 0.29) is 17.6 Å². The van der Waals surface area contributed by atoms with E-state index in [0.29, 0.717) is 0 Å². The highest BCUT2D eigenvalue weighted by molar-refractivity contribution is 7.89. The molecule has 1 aliphatic rings. The molecule has 3 rings (SSSR count). The van der Waals surface area contributed by atoms with Crippen molar-refractivity contribution in [2.75, 3.05) is 30.8 Å². The van der Waals surface area contributed by atoms with E-state index in [1.165, 1.54) is 16.4 Å². The molecule has 7 heteroatoms. The average molecular weight is 365 g/mol. The van der Waals surface area contributed by atoms with Gasteiger partial charge in [-0.2, -0.15) is 0 Å². The maximum Gasteiger partial charge on any atom is 0.213 e. The molecule has 0 unspecified atom stereocenters. The molecule has 0 radical (unpaired) electrons. The molecular weight excluding hydrogens is 341 g/mol. The molecule has 1 aromatic heterocycles. The van der Waals surface area contributed by atoms with Crippen LogP contribution in [0.3, 0.4) is 0 Å². The summed E-state index contributed by atoms with van der Waals surface area (Å²) in [6.07, 6.45) is 1.52. The number of hydrogen-bond donors (Lipinski definition) is 0. The Kier molecular flexibility index (Phi) is 4.97. The van der Waals surface area contributed by atoms with E-state index in [4.69, 9.17) is 0 Å². The zero-order chi connectivity index (χ0) is 18.2. The summed E-state index contributed by atoms with van der Waals surface area (Å²) in [5.74, 6) is -0.153. The Morgan fingerprint density at radius 2 is 1.96 bits per heavy atom. The smallest absolute Gasteiger partial charge is 0.213 e. The number of nitrogens with zero attached hydrogens (tertiary/aromatic N) is 3. The lowest BCUT2D eigenvalue weighted by Gasteiger charge is -2.37. The van der Waals surface area contributed by atoms with Gasteiger partial charge in [0.1, 0.15) is 5.82 Å². The number of fused-ring (bicyclic) bond motifs is 1. The van der Waals surface area contributed by atoms with Crippen molar-refractivity contribution in [2.24, 2.45) is 0 Å². The van der Waals surface area contributed by atoms with Gasteiger partial charge in [-0.3, -0.25) is 4.98 Å². The molecule has 136 valence electrons. The van der Waals surface area contributed by atoms with Gasteiger partial charge in [-0.15, -0.1) is 0 Å². The molecular formula is C18H24FN3O2S. The molecule has 2 heterocycles. The van der Waals surface area contributed by atoms with Crippen molar-refractivity contribution in [3.63, 3.8) is 0 Å². The van der Waals surface area contributed by atoms with Gasteiger partial charge in [-0.25, -0.2) is 17.1 Å². The topological polar surface area (TPSA) is 53.5 Å². The Morgan fingerprint density at radius 3 is 2.60 bits per heavy atom. The van der Waals surface area contributed by atoms with Gasteiger partial charge in [-0.05, 0) is 51.0 Å². The largest absolute Gasteiger partial charge is 0.371 e. The number of piperidine rings is 1. The monoisotopic (exact) mass is 365 g/mol. The number of sulfonamides is 1. The summed E-state index contributed by atoms with van der Waals surface area (Å²) in [5, 5.41) is 0.804. The van der Waals surface area contributed by atoms with Crippen molar-refractivity contribution in [1.29, 1.82) is 0 Å². The van der Waals surface area contributed by atoms with E-state index in [0.717, 1.165) is 48.2 Å². The second kappa shape index (κ2) is 6.88. The number of pyridine rings is 1. The number of aromatic nitrogens is 1. The quantitative estimate of drug-likeness (QED) is 0.836. The van der Waals surface area contributed by atoms with Crippen molar-refractivity contribution < 1.29 is 12.8 Å². The zero-order valence-electron chi connectivity index (χ0n) is 14.9. The van der Waals surface area contributed by atoms with Gasteiger partial charge in [0.15, 0.2) is 0 Å². The normalized spacial score (nSPS) is 16.8. The number of anilines is 1. The third kappa shape index (κ3) is 3.62. The van der Waals surface area contributed by atoms with Crippen LogP contribution in [0.4, 0.5) is 10.1 Å². The van der Waals surface area contributed by atoms with Gasteiger partial charge in [0.25, 0.3) is 0 Å². The Balaban J connectivity index is 1.84. The van der Waals surface area contributed by atoms with Crippen molar-refractivity contribution >= 4 is 26.6 Å². The number of benzene rings is 1. The molecule has 0 aliphatic carbocycles. The van der Waals surface area contributed by atoms with Crippen molar-refractivity contribution in [3.05, 3.63) is 35.8 Å². The minimum atomic E-state index is -3.17. The third-order valence-corrected chi connectivity index (χ3v) is 6.91. The SMILES string of the molecule is CCS(=O)(=O)N(C)C1CCN(c2cc(C)nc3ccc(F)cc23)CC1. The summed E-state index contributed by atoms with van der Waals surface area (Å²) >= 11 is 0. The minimum absolute atomic E-state index is 0.0205. The lowest BCUT2D eigenvalue weighted by molar-refractivity contribution is 0.312. The maximum absolute atomic E-state index is 13.7. The Morgan fingerprint density at radius 1 is 1.28 bits per heavy atom. The van der Waals surface area contributed by atoms with E-state index in [1.54, 1.807) is 20.0 Å². The molecule has 0 amide bonds. The highest BCUT2D eigenvalue weighted by Crippen LogP contribution is 2.30. The fraction of sp³-hybridized carbons (Fsp3) is 0.500. The highest BCUT2D eigenvalue weighted by Gasteiger charge is 2.29. The summed E-state index contributed by atoms with van der Waals surface area (Å²) in [4.78, 5) is 6.69. The van der Waals surface area contributed by atoms with Crippen LogP contribution in [0, 0.1) is 12.7 Å². The average Bonchev–Trinajstić information content (AvgIpc) is 2.61. The first kappa shape index (κ1) is 18.1. The maximum atomic E-state index is 13.7. The number of hydrogen-bond acceptors (Lipinski definition) is 4. The molecule has 1 fully saturated rings. The number of aryl methyl sites for hydroxylation is 1. The lowest BCUT2D eigenvalue weighted by Crippen LogP contribution is -2.46. The lowest BCUT2D eigenvalue weighted by atomic mass is 10.0. The number of rotatable bonds is 4. The van der Waals surface area contributed by atoms with Gasteiger partial charge in [0.05, 0.1) is 11.3 Å². The minimum Gasteiger partial charge on any atom is -0.371 e. The number of halogens is 1. The summed E-state index contributed by atoms with van der Waals surface area (Å²) in [7, 11) is -1.50. The predicted molar refractivity (Wildman–Crippen MR) is 98.9 cm³/mol. The molecule has 0 N–H and O–H groups in total. The zero-order valence-corrected chi connectivity index (χ0v) is 15.7. The van der Waals surface area contributed by atoms with E-state index in [2.05, 4.69) is 9.88 Å². The van der Waals surface area contributed by atoms with Gasteiger partial charge in [-0.1, -0.05) is 0 Å². The van der Waals surface area contributed by atoms with Gasteiger partial charge >= 0.3 is 0 Å². The van der Waals surface area contributed by atoms with Crippen molar-refractivity contribution in [2.45, 2.75) is 32.7 Å². The fourth-order valence-electron chi connectivity index (χ4n) is 3.47. The van der Waals surface area contributed by atoms with Crippen molar-refractivity contribution in [3.8, 4) is 0 Å². The van der Waals surface area contributed by atoms with Gasteiger partial charge < -0.3 is 4.90 Å². The Labute approximate surface area is 148 Å². The predicted octanol–water partition coefficient (Wildman–Crippen LogP) is 2.93. The summed E-state index contributed by atoms with van der Waals surface area (Å²) in [6, 6.07) is 6.66.